The van der Waals surface area contributed by atoms with Gasteiger partial charge in [-0.1, -0.05) is 6.07 Å². The largest absolute Gasteiger partial charge is 0.481 e. The monoisotopic (exact) mass is 414 g/mol. The number of fused-ring (bicyclic) bond motifs is 1. The normalized spacial score (nSPS) is 11.9. The second-order valence-corrected chi connectivity index (χ2v) is 9.09. The standard InChI is InChI=1S/C21H22N2O5S/c1-14-17(11-12-19(24)25)23-13-5-4-6-18(23)20(14)21(26)15-7-9-16(10-8-15)29(27,28)22(2)3/h4-10,13H,11-12H2,1-3H3,(H,24,25). The van der Waals surface area contributed by atoms with Crippen molar-refractivity contribution in [3.05, 3.63) is 71.0 Å². The van der Waals surface area contributed by atoms with E-state index in [4.69, 9.17) is 5.11 Å². The van der Waals surface area contributed by atoms with Gasteiger partial charge in [-0.2, -0.15) is 0 Å². The Morgan fingerprint density at radius 3 is 2.31 bits per heavy atom. The highest BCUT2D eigenvalue weighted by molar-refractivity contribution is 7.89. The summed E-state index contributed by atoms with van der Waals surface area (Å²) in [5.74, 6) is -1.14. The maximum absolute atomic E-state index is 13.2. The first-order chi connectivity index (χ1) is 13.6. The molecule has 0 aliphatic rings. The van der Waals surface area contributed by atoms with Crippen molar-refractivity contribution < 1.29 is 23.1 Å². The summed E-state index contributed by atoms with van der Waals surface area (Å²) >= 11 is 0. The van der Waals surface area contributed by atoms with Crippen LogP contribution in [-0.4, -0.2) is 48.1 Å². The van der Waals surface area contributed by atoms with Crippen LogP contribution in [0.15, 0.2) is 53.6 Å². The number of rotatable bonds is 7. The first-order valence-corrected chi connectivity index (χ1v) is 10.5. The van der Waals surface area contributed by atoms with Gasteiger partial charge in [0.25, 0.3) is 0 Å². The number of carboxylic acid groups (broad SMARTS) is 1. The van der Waals surface area contributed by atoms with E-state index < -0.39 is 16.0 Å². The number of hydrogen-bond donors (Lipinski definition) is 1. The first-order valence-electron chi connectivity index (χ1n) is 9.02. The van der Waals surface area contributed by atoms with Gasteiger partial charge in [-0.25, -0.2) is 12.7 Å². The van der Waals surface area contributed by atoms with Crippen molar-refractivity contribution in [1.82, 2.24) is 8.71 Å². The first kappa shape index (κ1) is 20.8. The lowest BCUT2D eigenvalue weighted by molar-refractivity contribution is -0.136. The number of aliphatic carboxylic acids is 1. The van der Waals surface area contributed by atoms with Crippen molar-refractivity contribution in [2.24, 2.45) is 0 Å². The van der Waals surface area contributed by atoms with Crippen molar-refractivity contribution in [1.29, 1.82) is 0 Å². The molecule has 0 atom stereocenters. The number of pyridine rings is 1. The van der Waals surface area contributed by atoms with Gasteiger partial charge in [0, 0.05) is 31.5 Å². The van der Waals surface area contributed by atoms with Crippen molar-refractivity contribution in [2.45, 2.75) is 24.7 Å². The molecule has 0 aliphatic carbocycles. The average molecular weight is 414 g/mol. The number of ketones is 1. The minimum atomic E-state index is -3.58. The van der Waals surface area contributed by atoms with Gasteiger partial charge in [-0.05, 0) is 55.3 Å². The summed E-state index contributed by atoms with van der Waals surface area (Å²) in [5, 5.41) is 9.03. The van der Waals surface area contributed by atoms with E-state index in [-0.39, 0.29) is 17.1 Å². The molecule has 0 fully saturated rings. The summed E-state index contributed by atoms with van der Waals surface area (Å²) in [6.45, 7) is 1.81. The molecule has 0 amide bonds. The van der Waals surface area contributed by atoms with Crippen LogP contribution < -0.4 is 0 Å². The van der Waals surface area contributed by atoms with Crippen LogP contribution in [0.2, 0.25) is 0 Å². The van der Waals surface area contributed by atoms with Gasteiger partial charge in [-0.3, -0.25) is 9.59 Å². The molecule has 152 valence electrons. The van der Waals surface area contributed by atoms with Crippen LogP contribution in [-0.2, 0) is 21.2 Å². The minimum absolute atomic E-state index is 0.0351. The van der Waals surface area contributed by atoms with Gasteiger partial charge in [0.1, 0.15) is 0 Å². The van der Waals surface area contributed by atoms with Crippen LogP contribution in [0.4, 0.5) is 0 Å². The molecule has 0 unspecified atom stereocenters. The Balaban J connectivity index is 2.06. The fourth-order valence-corrected chi connectivity index (χ4v) is 4.25. The van der Waals surface area contributed by atoms with Crippen LogP contribution in [0.3, 0.4) is 0 Å². The van der Waals surface area contributed by atoms with E-state index in [2.05, 4.69) is 0 Å². The van der Waals surface area contributed by atoms with Crippen molar-refractivity contribution in [3.8, 4) is 0 Å². The quantitative estimate of drug-likeness (QED) is 0.600. The van der Waals surface area contributed by atoms with Crippen LogP contribution in [0.25, 0.3) is 5.52 Å². The highest BCUT2D eigenvalue weighted by Crippen LogP contribution is 2.27. The molecule has 0 saturated carbocycles. The zero-order valence-corrected chi connectivity index (χ0v) is 17.2. The van der Waals surface area contributed by atoms with E-state index in [9.17, 15) is 18.0 Å². The maximum atomic E-state index is 13.2. The smallest absolute Gasteiger partial charge is 0.303 e. The Hall–Kier alpha value is -2.97. The average Bonchev–Trinajstić information content (AvgIpc) is 2.97. The van der Waals surface area contributed by atoms with Crippen LogP contribution in [0, 0.1) is 6.92 Å². The van der Waals surface area contributed by atoms with E-state index in [0.29, 0.717) is 23.1 Å². The molecule has 29 heavy (non-hydrogen) atoms. The molecule has 3 aromatic rings. The summed E-state index contributed by atoms with van der Waals surface area (Å²) in [7, 11) is -0.680. The number of aryl methyl sites for hydroxylation is 1. The number of nitrogens with zero attached hydrogens (tertiary/aromatic N) is 2. The number of carbonyl (C=O) groups is 2. The summed E-state index contributed by atoms with van der Waals surface area (Å²) in [6, 6.07) is 11.3. The number of hydrogen-bond acceptors (Lipinski definition) is 4. The van der Waals surface area contributed by atoms with E-state index >= 15 is 0 Å². The molecule has 0 aliphatic heterocycles. The SMILES string of the molecule is Cc1c(C(=O)c2ccc(S(=O)(=O)N(C)C)cc2)c2ccccn2c1CCC(=O)O. The predicted molar refractivity (Wildman–Crippen MR) is 109 cm³/mol. The number of carbonyl (C=O) groups excluding carboxylic acids is 1. The second kappa shape index (κ2) is 7.81. The van der Waals surface area contributed by atoms with Gasteiger partial charge in [0.15, 0.2) is 5.78 Å². The minimum Gasteiger partial charge on any atom is -0.481 e. The fourth-order valence-electron chi connectivity index (χ4n) is 3.35. The third-order valence-electron chi connectivity index (χ3n) is 4.91. The number of carboxylic acids is 1. The summed E-state index contributed by atoms with van der Waals surface area (Å²) < 4.78 is 27.4. The molecule has 0 spiro atoms. The van der Waals surface area contributed by atoms with E-state index in [1.807, 2.05) is 35.7 Å². The van der Waals surface area contributed by atoms with Crippen LogP contribution in [0.1, 0.15) is 33.6 Å². The molecule has 2 heterocycles. The molecule has 0 saturated heterocycles. The Morgan fingerprint density at radius 2 is 1.72 bits per heavy atom. The lowest BCUT2D eigenvalue weighted by Crippen LogP contribution is -2.22. The van der Waals surface area contributed by atoms with Crippen molar-refractivity contribution in [3.63, 3.8) is 0 Å². The lowest BCUT2D eigenvalue weighted by Gasteiger charge is -2.11. The van der Waals surface area contributed by atoms with Gasteiger partial charge in [-0.15, -0.1) is 0 Å². The zero-order valence-electron chi connectivity index (χ0n) is 16.4. The van der Waals surface area contributed by atoms with E-state index in [1.165, 1.54) is 38.4 Å². The van der Waals surface area contributed by atoms with Gasteiger partial charge in [0.2, 0.25) is 10.0 Å². The van der Waals surface area contributed by atoms with Gasteiger partial charge in [0.05, 0.1) is 22.4 Å². The highest BCUT2D eigenvalue weighted by Gasteiger charge is 2.23. The molecule has 3 rings (SSSR count). The van der Waals surface area contributed by atoms with E-state index in [1.54, 1.807) is 0 Å². The molecule has 8 heteroatoms. The molecule has 0 radical (unpaired) electrons. The molecular weight excluding hydrogens is 392 g/mol. The number of sulfonamides is 1. The van der Waals surface area contributed by atoms with Gasteiger partial charge >= 0.3 is 5.97 Å². The topological polar surface area (TPSA) is 96.2 Å². The number of benzene rings is 1. The zero-order chi connectivity index (χ0) is 21.3. The van der Waals surface area contributed by atoms with Crippen LogP contribution in [0.5, 0.6) is 0 Å². The Labute approximate surface area is 169 Å². The second-order valence-electron chi connectivity index (χ2n) is 6.94. The Morgan fingerprint density at radius 1 is 1.07 bits per heavy atom. The molecule has 2 aromatic heterocycles. The molecule has 0 bridgehead atoms. The molecule has 7 nitrogen and oxygen atoms in total. The Kier molecular flexibility index (Phi) is 5.59. The third kappa shape index (κ3) is 3.81. The summed E-state index contributed by atoms with van der Waals surface area (Å²) in [5.41, 5.74) is 3.06. The highest BCUT2D eigenvalue weighted by atomic mass is 32.2. The fraction of sp³-hybridized carbons (Fsp3) is 0.238. The number of aromatic nitrogens is 1. The van der Waals surface area contributed by atoms with Crippen molar-refractivity contribution >= 4 is 27.3 Å². The van der Waals surface area contributed by atoms with E-state index in [0.717, 1.165) is 15.6 Å². The van der Waals surface area contributed by atoms with Gasteiger partial charge < -0.3 is 9.51 Å². The molecule has 1 aromatic carbocycles. The maximum Gasteiger partial charge on any atom is 0.303 e. The Bertz CT molecular complexity index is 1190. The predicted octanol–water partition coefficient (Wildman–Crippen LogP) is 2.75. The summed E-state index contributed by atoms with van der Waals surface area (Å²) in [6.07, 6.45) is 2.08. The lowest BCUT2D eigenvalue weighted by atomic mass is 9.99. The molecular formula is C21H22N2O5S. The molecule has 1 N–H and O–H groups in total. The summed E-state index contributed by atoms with van der Waals surface area (Å²) in [4.78, 5) is 24.4. The van der Waals surface area contributed by atoms with Crippen molar-refractivity contribution in [2.75, 3.05) is 14.1 Å². The third-order valence-corrected chi connectivity index (χ3v) is 6.74. The van der Waals surface area contributed by atoms with Crippen LogP contribution >= 0.6 is 0 Å².